The summed E-state index contributed by atoms with van der Waals surface area (Å²) in [4.78, 5) is 15.7. The van der Waals surface area contributed by atoms with Gasteiger partial charge in [0.15, 0.2) is 5.75 Å². The Kier molecular flexibility index (Phi) is 4.14. The molecular formula is C14H16N4O4S. The van der Waals surface area contributed by atoms with Crippen molar-refractivity contribution in [3.05, 3.63) is 46.0 Å². The summed E-state index contributed by atoms with van der Waals surface area (Å²) in [6.45, 7) is 2.43. The van der Waals surface area contributed by atoms with Gasteiger partial charge in [-0.1, -0.05) is 0 Å². The van der Waals surface area contributed by atoms with E-state index in [0.29, 0.717) is 24.2 Å². The van der Waals surface area contributed by atoms with Gasteiger partial charge in [-0.3, -0.25) is 4.79 Å². The largest absolute Gasteiger partial charge is 0.491 e. The third-order valence-electron chi connectivity index (χ3n) is 3.63. The van der Waals surface area contributed by atoms with Gasteiger partial charge in [-0.25, -0.2) is 18.5 Å². The number of aromatic nitrogens is 3. The summed E-state index contributed by atoms with van der Waals surface area (Å²) in [5.74, 6) is 0.227. The molecule has 0 fully saturated rings. The Morgan fingerprint density at radius 2 is 2.26 bits per heavy atom. The van der Waals surface area contributed by atoms with Gasteiger partial charge in [-0.15, -0.1) is 0 Å². The van der Waals surface area contributed by atoms with E-state index in [-0.39, 0.29) is 29.4 Å². The van der Waals surface area contributed by atoms with Crippen molar-refractivity contribution in [2.24, 2.45) is 0 Å². The van der Waals surface area contributed by atoms with E-state index in [1.807, 2.05) is 0 Å². The number of pyridine rings is 1. The first-order valence-electron chi connectivity index (χ1n) is 7.17. The normalized spacial score (nSPS) is 15.2. The topological polar surface area (TPSA) is 105 Å². The van der Waals surface area contributed by atoms with Crippen LogP contribution < -0.4 is 10.3 Å². The van der Waals surface area contributed by atoms with E-state index in [4.69, 9.17) is 4.74 Å². The van der Waals surface area contributed by atoms with Gasteiger partial charge < -0.3 is 4.74 Å². The van der Waals surface area contributed by atoms with Crippen LogP contribution in [0.4, 0.5) is 0 Å². The highest BCUT2D eigenvalue weighted by Gasteiger charge is 2.32. The third-order valence-corrected chi connectivity index (χ3v) is 5.41. The fourth-order valence-corrected chi connectivity index (χ4v) is 4.00. The average Bonchev–Trinajstić information content (AvgIpc) is 2.55. The van der Waals surface area contributed by atoms with Crippen molar-refractivity contribution in [2.45, 2.75) is 24.9 Å². The second-order valence-electron chi connectivity index (χ2n) is 5.03. The Morgan fingerprint density at radius 1 is 1.43 bits per heavy atom. The summed E-state index contributed by atoms with van der Waals surface area (Å²) < 4.78 is 32.4. The number of fused-ring (bicyclic) bond motifs is 1. The van der Waals surface area contributed by atoms with Crippen LogP contribution in [0.1, 0.15) is 18.1 Å². The highest BCUT2D eigenvalue weighted by Crippen LogP contribution is 2.27. The Balaban J connectivity index is 1.97. The van der Waals surface area contributed by atoms with E-state index in [9.17, 15) is 13.2 Å². The van der Waals surface area contributed by atoms with Crippen LogP contribution in [0.15, 0.2) is 34.3 Å². The molecule has 0 saturated carbocycles. The summed E-state index contributed by atoms with van der Waals surface area (Å²) in [5, 5.41) is 5.99. The number of sulfonamides is 1. The second-order valence-corrected chi connectivity index (χ2v) is 6.88. The molecule has 0 aromatic carbocycles. The van der Waals surface area contributed by atoms with Gasteiger partial charge in [0.25, 0.3) is 15.6 Å². The first-order chi connectivity index (χ1) is 11.0. The Bertz CT molecular complexity index is 878. The van der Waals surface area contributed by atoms with Crippen molar-refractivity contribution in [3.8, 4) is 5.75 Å². The number of nitrogens with one attached hydrogen (secondary N) is 1. The zero-order valence-corrected chi connectivity index (χ0v) is 13.3. The molecule has 1 aliphatic rings. The molecule has 1 N–H and O–H groups in total. The number of H-pyrrole nitrogens is 1. The molecule has 122 valence electrons. The van der Waals surface area contributed by atoms with Crippen LogP contribution in [0, 0.1) is 0 Å². The van der Waals surface area contributed by atoms with E-state index in [0.717, 1.165) is 0 Å². The summed E-state index contributed by atoms with van der Waals surface area (Å²) >= 11 is 0. The van der Waals surface area contributed by atoms with E-state index in [1.54, 1.807) is 19.1 Å². The molecule has 0 saturated heterocycles. The van der Waals surface area contributed by atoms with Crippen LogP contribution in [0.25, 0.3) is 0 Å². The number of hydrogen-bond acceptors (Lipinski definition) is 6. The maximum atomic E-state index is 12.9. The lowest BCUT2D eigenvalue weighted by molar-refractivity contribution is 0.323. The zero-order valence-electron chi connectivity index (χ0n) is 12.5. The zero-order chi connectivity index (χ0) is 16.4. The van der Waals surface area contributed by atoms with Crippen molar-refractivity contribution in [1.82, 2.24) is 19.5 Å². The van der Waals surface area contributed by atoms with Crippen LogP contribution >= 0.6 is 0 Å². The molecule has 2 aromatic heterocycles. The number of rotatable bonds is 4. The van der Waals surface area contributed by atoms with Crippen LogP contribution in [-0.2, 0) is 23.0 Å². The average molecular weight is 336 g/mol. The maximum absolute atomic E-state index is 12.9. The molecule has 9 heteroatoms. The molecule has 0 spiro atoms. The highest BCUT2D eigenvalue weighted by atomic mass is 32.2. The van der Waals surface area contributed by atoms with Crippen molar-refractivity contribution in [3.63, 3.8) is 0 Å². The number of aromatic amines is 1. The minimum atomic E-state index is -3.81. The number of hydrogen-bond donors (Lipinski definition) is 1. The molecule has 8 nitrogen and oxygen atoms in total. The summed E-state index contributed by atoms with van der Waals surface area (Å²) in [6.07, 6.45) is 3.24. The smallest absolute Gasteiger partial charge is 0.267 e. The van der Waals surface area contributed by atoms with Crippen molar-refractivity contribution < 1.29 is 13.2 Å². The molecule has 23 heavy (non-hydrogen) atoms. The van der Waals surface area contributed by atoms with Crippen molar-refractivity contribution >= 4 is 10.0 Å². The quantitative estimate of drug-likeness (QED) is 0.861. The Labute approximate surface area is 133 Å². The van der Waals surface area contributed by atoms with Gasteiger partial charge in [0.1, 0.15) is 0 Å². The van der Waals surface area contributed by atoms with Gasteiger partial charge in [0.05, 0.1) is 12.8 Å². The van der Waals surface area contributed by atoms with Crippen LogP contribution in [-0.4, -0.2) is 41.1 Å². The van der Waals surface area contributed by atoms with E-state index in [1.165, 1.54) is 16.7 Å². The third kappa shape index (κ3) is 2.84. The lowest BCUT2D eigenvalue weighted by Gasteiger charge is -2.27. The fourth-order valence-electron chi connectivity index (χ4n) is 2.54. The molecule has 3 rings (SSSR count). The minimum Gasteiger partial charge on any atom is -0.491 e. The second kappa shape index (κ2) is 6.09. The van der Waals surface area contributed by atoms with Gasteiger partial charge in [0, 0.05) is 24.8 Å². The van der Waals surface area contributed by atoms with Crippen LogP contribution in [0.2, 0.25) is 0 Å². The highest BCUT2D eigenvalue weighted by molar-refractivity contribution is 7.89. The van der Waals surface area contributed by atoms with E-state index < -0.39 is 10.0 Å². The van der Waals surface area contributed by atoms with Gasteiger partial charge >= 0.3 is 0 Å². The van der Waals surface area contributed by atoms with E-state index >= 15 is 0 Å². The predicted molar refractivity (Wildman–Crippen MR) is 81.6 cm³/mol. The first-order valence-corrected chi connectivity index (χ1v) is 8.61. The Hall–Kier alpha value is -2.26. The molecule has 0 aliphatic carbocycles. The first kappa shape index (κ1) is 15.6. The maximum Gasteiger partial charge on any atom is 0.267 e. The van der Waals surface area contributed by atoms with Gasteiger partial charge in [0.2, 0.25) is 5.03 Å². The molecule has 0 amide bonds. The molecule has 0 bridgehead atoms. The molecule has 0 atom stereocenters. The summed E-state index contributed by atoms with van der Waals surface area (Å²) in [6, 6.07) is 3.20. The minimum absolute atomic E-state index is 0.0940. The SMILES string of the molecule is CCOc1cccnc1S(=O)(=O)N1CCc2c(cn[nH]c2=O)C1. The van der Waals surface area contributed by atoms with Crippen molar-refractivity contribution in [2.75, 3.05) is 13.2 Å². The van der Waals surface area contributed by atoms with Crippen LogP contribution in [0.3, 0.4) is 0 Å². The monoisotopic (exact) mass is 336 g/mol. The molecular weight excluding hydrogens is 320 g/mol. The molecule has 0 radical (unpaired) electrons. The van der Waals surface area contributed by atoms with Gasteiger partial charge in [-0.2, -0.15) is 9.40 Å². The molecule has 3 heterocycles. The Morgan fingerprint density at radius 3 is 3.04 bits per heavy atom. The lowest BCUT2D eigenvalue weighted by Crippen LogP contribution is -2.39. The summed E-state index contributed by atoms with van der Waals surface area (Å²) in [5.41, 5.74) is 0.919. The van der Waals surface area contributed by atoms with Gasteiger partial charge in [-0.05, 0) is 31.0 Å². The number of nitrogens with zero attached hydrogens (tertiary/aromatic N) is 3. The molecule has 2 aromatic rings. The number of ether oxygens (including phenoxy) is 1. The molecule has 1 aliphatic heterocycles. The van der Waals surface area contributed by atoms with Crippen molar-refractivity contribution in [1.29, 1.82) is 0 Å². The standard InChI is InChI=1S/C14H16N4O4S/c1-2-22-12-4-3-6-15-14(12)23(20,21)18-7-5-11-10(9-18)8-16-17-13(11)19/h3-4,6,8H,2,5,7,9H2,1H3,(H,17,19). The fraction of sp³-hybridized carbons (Fsp3) is 0.357. The van der Waals surface area contributed by atoms with E-state index in [2.05, 4.69) is 15.2 Å². The predicted octanol–water partition coefficient (Wildman–Crippen LogP) is 0.311. The molecule has 0 unspecified atom stereocenters. The summed E-state index contributed by atoms with van der Waals surface area (Å²) in [7, 11) is -3.81. The lowest BCUT2D eigenvalue weighted by atomic mass is 10.1. The van der Waals surface area contributed by atoms with Crippen LogP contribution in [0.5, 0.6) is 5.75 Å².